The third-order valence-corrected chi connectivity index (χ3v) is 4.57. The van der Waals surface area contributed by atoms with Crippen molar-refractivity contribution in [2.75, 3.05) is 20.6 Å². The topological polar surface area (TPSA) is 65.5 Å². The zero-order chi connectivity index (χ0) is 18.9. The van der Waals surface area contributed by atoms with E-state index in [0.717, 1.165) is 22.0 Å². The van der Waals surface area contributed by atoms with E-state index in [4.69, 9.17) is 0 Å². The lowest BCUT2D eigenvalue weighted by Gasteiger charge is -2.13. The summed E-state index contributed by atoms with van der Waals surface area (Å²) in [6.07, 6.45) is 0.745. The first kappa shape index (κ1) is 19.9. The van der Waals surface area contributed by atoms with Crippen LogP contribution in [0, 0.1) is 5.82 Å². The Morgan fingerprint density at radius 2 is 2.00 bits per heavy atom. The van der Waals surface area contributed by atoms with Gasteiger partial charge >= 0.3 is 0 Å². The highest BCUT2D eigenvalue weighted by atomic mass is 79.9. The zero-order valence-corrected chi connectivity index (χ0v) is 16.4. The van der Waals surface area contributed by atoms with Gasteiger partial charge in [0.1, 0.15) is 5.82 Å². The van der Waals surface area contributed by atoms with E-state index in [-0.39, 0.29) is 11.7 Å². The number of halogens is 2. The van der Waals surface area contributed by atoms with Crippen molar-refractivity contribution in [2.24, 2.45) is 4.99 Å². The summed E-state index contributed by atoms with van der Waals surface area (Å²) in [5.41, 5.74) is 2.51. The van der Waals surface area contributed by atoms with Crippen LogP contribution in [0.3, 0.4) is 0 Å². The maximum absolute atomic E-state index is 13.3. The maximum atomic E-state index is 13.3. The minimum atomic E-state index is -0.274. The van der Waals surface area contributed by atoms with E-state index in [1.54, 1.807) is 26.2 Å². The molecular weight excluding hydrogens is 399 g/mol. The Hall–Kier alpha value is -2.41. The van der Waals surface area contributed by atoms with Gasteiger partial charge in [0.25, 0.3) is 5.91 Å². The first-order valence-corrected chi connectivity index (χ1v) is 9.02. The fraction of sp³-hybridized carbons (Fsp3) is 0.263. The SMILES string of the molecule is CN=C(NCCc1cccc(C(=O)NC)c1)NCc1cc(F)ccc1Br. The van der Waals surface area contributed by atoms with Crippen molar-refractivity contribution < 1.29 is 9.18 Å². The van der Waals surface area contributed by atoms with Crippen LogP contribution >= 0.6 is 15.9 Å². The zero-order valence-electron chi connectivity index (χ0n) is 14.8. The Balaban J connectivity index is 1.86. The molecule has 1 amide bonds. The van der Waals surface area contributed by atoms with Crippen molar-refractivity contribution in [1.29, 1.82) is 0 Å². The summed E-state index contributed by atoms with van der Waals surface area (Å²) in [4.78, 5) is 15.8. The molecule has 3 N–H and O–H groups in total. The van der Waals surface area contributed by atoms with Gasteiger partial charge in [0.2, 0.25) is 0 Å². The number of benzene rings is 2. The Kier molecular flexibility index (Phi) is 7.59. The van der Waals surface area contributed by atoms with Crippen LogP contribution in [-0.2, 0) is 13.0 Å². The number of hydrogen-bond donors (Lipinski definition) is 3. The quantitative estimate of drug-likeness (QED) is 0.497. The summed E-state index contributed by atoms with van der Waals surface area (Å²) in [6.45, 7) is 1.10. The molecule has 0 atom stereocenters. The van der Waals surface area contributed by atoms with Crippen molar-refractivity contribution in [3.05, 3.63) is 69.4 Å². The molecule has 0 saturated carbocycles. The van der Waals surface area contributed by atoms with Crippen LogP contribution in [0.1, 0.15) is 21.5 Å². The highest BCUT2D eigenvalue weighted by Gasteiger charge is 2.05. The number of hydrogen-bond acceptors (Lipinski definition) is 2. The van der Waals surface area contributed by atoms with Crippen LogP contribution in [0.25, 0.3) is 0 Å². The molecule has 7 heteroatoms. The Morgan fingerprint density at radius 3 is 2.73 bits per heavy atom. The van der Waals surface area contributed by atoms with E-state index in [9.17, 15) is 9.18 Å². The van der Waals surface area contributed by atoms with Gasteiger partial charge in [-0.1, -0.05) is 28.1 Å². The fourth-order valence-corrected chi connectivity index (χ4v) is 2.80. The molecule has 0 saturated heterocycles. The molecule has 0 fully saturated rings. The lowest BCUT2D eigenvalue weighted by atomic mass is 10.1. The Bertz CT molecular complexity index is 795. The average Bonchev–Trinajstić information content (AvgIpc) is 2.66. The molecular formula is C19H22BrFN4O. The molecule has 0 heterocycles. The predicted octanol–water partition coefficient (Wildman–Crippen LogP) is 2.86. The minimum Gasteiger partial charge on any atom is -0.356 e. The number of guanidine groups is 1. The van der Waals surface area contributed by atoms with Crippen LogP contribution in [0.4, 0.5) is 4.39 Å². The van der Waals surface area contributed by atoms with Crippen LogP contribution in [-0.4, -0.2) is 32.5 Å². The predicted molar refractivity (Wildman–Crippen MR) is 106 cm³/mol. The first-order valence-electron chi connectivity index (χ1n) is 8.23. The minimum absolute atomic E-state index is 0.0991. The third-order valence-electron chi connectivity index (χ3n) is 3.80. The van der Waals surface area contributed by atoms with Gasteiger partial charge in [0.05, 0.1) is 0 Å². The summed E-state index contributed by atoms with van der Waals surface area (Å²) in [5.74, 6) is 0.255. The monoisotopic (exact) mass is 420 g/mol. The smallest absolute Gasteiger partial charge is 0.251 e. The van der Waals surface area contributed by atoms with E-state index in [2.05, 4.69) is 36.9 Å². The van der Waals surface area contributed by atoms with E-state index in [0.29, 0.717) is 24.6 Å². The molecule has 138 valence electrons. The second-order valence-electron chi connectivity index (χ2n) is 5.62. The van der Waals surface area contributed by atoms with Crippen molar-refractivity contribution in [3.8, 4) is 0 Å². The second-order valence-corrected chi connectivity index (χ2v) is 6.47. The molecule has 2 aromatic rings. The third kappa shape index (κ3) is 5.84. The molecule has 2 rings (SSSR count). The van der Waals surface area contributed by atoms with E-state index in [1.807, 2.05) is 18.2 Å². The van der Waals surface area contributed by atoms with E-state index >= 15 is 0 Å². The summed E-state index contributed by atoms with van der Waals surface area (Å²) in [6, 6.07) is 12.1. The molecule has 0 unspecified atom stereocenters. The van der Waals surface area contributed by atoms with Gasteiger partial charge in [-0.2, -0.15) is 0 Å². The number of aliphatic imine (C=N–C) groups is 1. The molecule has 5 nitrogen and oxygen atoms in total. The number of nitrogens with one attached hydrogen (secondary N) is 3. The molecule has 0 bridgehead atoms. The Labute approximate surface area is 161 Å². The summed E-state index contributed by atoms with van der Waals surface area (Å²) in [7, 11) is 3.30. The van der Waals surface area contributed by atoms with Gasteiger partial charge in [0, 0.05) is 37.2 Å². The van der Waals surface area contributed by atoms with Crippen molar-refractivity contribution in [1.82, 2.24) is 16.0 Å². The van der Waals surface area contributed by atoms with E-state index in [1.165, 1.54) is 12.1 Å². The highest BCUT2D eigenvalue weighted by Crippen LogP contribution is 2.17. The fourth-order valence-electron chi connectivity index (χ4n) is 2.42. The van der Waals surface area contributed by atoms with Crippen molar-refractivity contribution in [3.63, 3.8) is 0 Å². The molecule has 0 spiro atoms. The molecule has 0 aromatic heterocycles. The number of carbonyl (C=O) groups excluding carboxylic acids is 1. The van der Waals surface area contributed by atoms with Gasteiger partial charge in [-0.3, -0.25) is 9.79 Å². The molecule has 0 aliphatic rings. The van der Waals surface area contributed by atoms with Gasteiger partial charge in [-0.15, -0.1) is 0 Å². The standard InChI is InChI=1S/C19H22BrFN4O/c1-22-18(26)14-5-3-4-13(10-14)8-9-24-19(23-2)25-12-15-11-16(21)6-7-17(15)20/h3-7,10-11H,8-9,12H2,1-2H3,(H,22,26)(H2,23,24,25). The maximum Gasteiger partial charge on any atom is 0.251 e. The second kappa shape index (κ2) is 9.91. The average molecular weight is 421 g/mol. The molecule has 26 heavy (non-hydrogen) atoms. The van der Waals surface area contributed by atoms with Gasteiger partial charge in [0.15, 0.2) is 5.96 Å². The van der Waals surface area contributed by atoms with Crippen LogP contribution in [0.5, 0.6) is 0 Å². The normalized spacial score (nSPS) is 11.2. The summed E-state index contributed by atoms with van der Waals surface area (Å²) < 4.78 is 14.2. The molecule has 0 aliphatic carbocycles. The number of nitrogens with zero attached hydrogens (tertiary/aromatic N) is 1. The summed E-state index contributed by atoms with van der Waals surface area (Å²) in [5, 5.41) is 8.99. The van der Waals surface area contributed by atoms with Gasteiger partial charge in [-0.25, -0.2) is 4.39 Å². The first-order chi connectivity index (χ1) is 12.5. The van der Waals surface area contributed by atoms with Crippen molar-refractivity contribution in [2.45, 2.75) is 13.0 Å². The van der Waals surface area contributed by atoms with Crippen LogP contribution in [0.2, 0.25) is 0 Å². The number of rotatable bonds is 6. The van der Waals surface area contributed by atoms with Crippen LogP contribution in [0.15, 0.2) is 51.9 Å². The lowest BCUT2D eigenvalue weighted by molar-refractivity contribution is 0.0963. The Morgan fingerprint density at radius 1 is 1.19 bits per heavy atom. The molecule has 0 aliphatic heterocycles. The molecule has 0 radical (unpaired) electrons. The lowest BCUT2D eigenvalue weighted by Crippen LogP contribution is -2.38. The van der Waals surface area contributed by atoms with Gasteiger partial charge < -0.3 is 16.0 Å². The van der Waals surface area contributed by atoms with Gasteiger partial charge in [-0.05, 0) is 47.9 Å². The highest BCUT2D eigenvalue weighted by molar-refractivity contribution is 9.10. The van der Waals surface area contributed by atoms with Crippen molar-refractivity contribution >= 4 is 27.8 Å². The molecule has 2 aromatic carbocycles. The van der Waals surface area contributed by atoms with Crippen LogP contribution < -0.4 is 16.0 Å². The number of carbonyl (C=O) groups is 1. The number of amides is 1. The largest absolute Gasteiger partial charge is 0.356 e. The summed E-state index contributed by atoms with van der Waals surface area (Å²) >= 11 is 3.41. The van der Waals surface area contributed by atoms with E-state index < -0.39 is 0 Å².